The summed E-state index contributed by atoms with van der Waals surface area (Å²) in [4.78, 5) is 2.04. The van der Waals surface area contributed by atoms with Crippen molar-refractivity contribution in [2.24, 2.45) is 0 Å². The van der Waals surface area contributed by atoms with Crippen molar-refractivity contribution < 1.29 is 0 Å². The van der Waals surface area contributed by atoms with Gasteiger partial charge >= 0.3 is 0 Å². The maximum absolute atomic E-state index is 9.38. The van der Waals surface area contributed by atoms with Gasteiger partial charge in [0.25, 0.3) is 0 Å². The Morgan fingerprint density at radius 1 is 1.09 bits per heavy atom. The van der Waals surface area contributed by atoms with Crippen molar-refractivity contribution in [2.45, 2.75) is 6.42 Å². The molecule has 0 bridgehead atoms. The van der Waals surface area contributed by atoms with Crippen LogP contribution >= 0.6 is 15.9 Å². The van der Waals surface area contributed by atoms with Crippen molar-refractivity contribution in [1.82, 2.24) is 0 Å². The first-order valence-corrected chi connectivity index (χ1v) is 7.99. The summed E-state index contributed by atoms with van der Waals surface area (Å²) in [5, 5.41) is 18.0. The van der Waals surface area contributed by atoms with Gasteiger partial charge in [-0.2, -0.15) is 10.5 Å². The molecule has 0 saturated heterocycles. The van der Waals surface area contributed by atoms with Crippen molar-refractivity contribution in [3.05, 3.63) is 64.1 Å². The van der Waals surface area contributed by atoms with E-state index in [2.05, 4.69) is 28.1 Å². The number of rotatable bonds is 5. The predicted octanol–water partition coefficient (Wildman–Crippen LogP) is 4.86. The van der Waals surface area contributed by atoms with Gasteiger partial charge in [-0.05, 0) is 41.5 Å². The highest BCUT2D eigenvalue weighted by Gasteiger charge is 2.03. The van der Waals surface area contributed by atoms with Gasteiger partial charge in [0.2, 0.25) is 0 Å². The van der Waals surface area contributed by atoms with E-state index in [4.69, 9.17) is 5.26 Å². The first-order chi connectivity index (χ1) is 11.1. The molecule has 0 aliphatic heterocycles. The molecule has 4 heteroatoms. The van der Waals surface area contributed by atoms with Crippen molar-refractivity contribution in [1.29, 1.82) is 10.5 Å². The highest BCUT2D eigenvalue weighted by molar-refractivity contribution is 9.10. The van der Waals surface area contributed by atoms with Crippen LogP contribution in [-0.4, -0.2) is 13.6 Å². The summed E-state index contributed by atoms with van der Waals surface area (Å²) in [5.74, 6) is 0. The van der Waals surface area contributed by atoms with Gasteiger partial charge in [-0.25, -0.2) is 0 Å². The van der Waals surface area contributed by atoms with Gasteiger partial charge < -0.3 is 4.90 Å². The monoisotopic (exact) mass is 365 g/mol. The maximum Gasteiger partial charge on any atom is 0.0998 e. The van der Waals surface area contributed by atoms with Gasteiger partial charge in [0.1, 0.15) is 0 Å². The van der Waals surface area contributed by atoms with E-state index < -0.39 is 0 Å². The molecule has 0 aromatic heterocycles. The number of allylic oxidation sites excluding steroid dienone is 1. The number of nitrogens with zero attached hydrogens (tertiary/aromatic N) is 3. The molecule has 0 spiro atoms. The highest BCUT2D eigenvalue weighted by atomic mass is 79.9. The summed E-state index contributed by atoms with van der Waals surface area (Å²) < 4.78 is 0.989. The van der Waals surface area contributed by atoms with Gasteiger partial charge in [0.15, 0.2) is 0 Å². The third-order valence-corrected chi connectivity index (χ3v) is 4.01. The van der Waals surface area contributed by atoms with E-state index in [9.17, 15) is 5.26 Å². The second-order valence-corrected chi connectivity index (χ2v) is 6.01. The minimum Gasteiger partial charge on any atom is -0.374 e. The molecule has 0 heterocycles. The number of benzene rings is 2. The zero-order valence-electron chi connectivity index (χ0n) is 12.8. The fraction of sp³-hybridized carbons (Fsp3) is 0.158. The molecule has 0 fully saturated rings. The highest BCUT2D eigenvalue weighted by Crippen LogP contribution is 2.21. The second kappa shape index (κ2) is 8.17. The van der Waals surface area contributed by atoms with E-state index in [1.807, 2.05) is 66.6 Å². The SMILES string of the molecule is CN(CCC#N)c1ccc(/C=C(\C#N)c2ccc(Br)cc2)cc1. The van der Waals surface area contributed by atoms with Gasteiger partial charge in [-0.15, -0.1) is 0 Å². The average molecular weight is 366 g/mol. The van der Waals surface area contributed by atoms with E-state index in [0.717, 1.165) is 21.3 Å². The topological polar surface area (TPSA) is 50.8 Å². The number of anilines is 1. The van der Waals surface area contributed by atoms with Crippen LogP contribution in [0.15, 0.2) is 53.0 Å². The molecule has 0 atom stereocenters. The summed E-state index contributed by atoms with van der Waals surface area (Å²) in [6.45, 7) is 0.702. The zero-order chi connectivity index (χ0) is 16.7. The molecule has 0 radical (unpaired) electrons. The molecule has 0 unspecified atom stereocenters. The Kier molecular flexibility index (Phi) is 5.97. The Labute approximate surface area is 145 Å². The smallest absolute Gasteiger partial charge is 0.0998 e. The molecule has 0 aliphatic carbocycles. The van der Waals surface area contributed by atoms with Crippen LogP contribution in [0.25, 0.3) is 11.6 Å². The van der Waals surface area contributed by atoms with E-state index in [0.29, 0.717) is 18.5 Å². The van der Waals surface area contributed by atoms with Crippen LogP contribution in [-0.2, 0) is 0 Å². The standard InChI is InChI=1S/C19H16BrN3/c1-23(12-2-11-21)19-9-3-15(4-10-19)13-17(14-22)16-5-7-18(20)8-6-16/h3-10,13H,2,12H2,1H3/b17-13+. The van der Waals surface area contributed by atoms with E-state index in [-0.39, 0.29) is 0 Å². The first kappa shape index (κ1) is 16.8. The fourth-order valence-electron chi connectivity index (χ4n) is 2.15. The minimum absolute atomic E-state index is 0.500. The van der Waals surface area contributed by atoms with Crippen LogP contribution in [0.4, 0.5) is 5.69 Å². The molecule has 2 aromatic rings. The lowest BCUT2D eigenvalue weighted by atomic mass is 10.0. The van der Waals surface area contributed by atoms with E-state index >= 15 is 0 Å². The summed E-state index contributed by atoms with van der Waals surface area (Å²) in [6, 6.07) is 20.0. The van der Waals surface area contributed by atoms with Crippen LogP contribution < -0.4 is 4.90 Å². The second-order valence-electron chi connectivity index (χ2n) is 5.10. The van der Waals surface area contributed by atoms with Crippen molar-refractivity contribution in [3.8, 4) is 12.1 Å². The van der Waals surface area contributed by atoms with Crippen LogP contribution in [0, 0.1) is 22.7 Å². The first-order valence-electron chi connectivity index (χ1n) is 7.20. The van der Waals surface area contributed by atoms with E-state index in [1.54, 1.807) is 0 Å². The van der Waals surface area contributed by atoms with Gasteiger partial charge in [-0.3, -0.25) is 0 Å². The molecule has 2 aromatic carbocycles. The molecule has 0 amide bonds. The van der Waals surface area contributed by atoms with Crippen molar-refractivity contribution in [2.75, 3.05) is 18.5 Å². The molecule has 3 nitrogen and oxygen atoms in total. The number of nitriles is 2. The summed E-state index contributed by atoms with van der Waals surface area (Å²) in [6.07, 6.45) is 2.38. The summed E-state index contributed by atoms with van der Waals surface area (Å²) in [5.41, 5.74) is 3.55. The molecule has 0 N–H and O–H groups in total. The largest absolute Gasteiger partial charge is 0.374 e. The Balaban J connectivity index is 2.19. The molecular weight excluding hydrogens is 350 g/mol. The fourth-order valence-corrected chi connectivity index (χ4v) is 2.41. The van der Waals surface area contributed by atoms with Crippen LogP contribution in [0.2, 0.25) is 0 Å². The van der Waals surface area contributed by atoms with Gasteiger partial charge in [-0.1, -0.05) is 40.2 Å². The summed E-state index contributed by atoms with van der Waals surface area (Å²) in [7, 11) is 1.96. The molecule has 114 valence electrons. The van der Waals surface area contributed by atoms with Crippen LogP contribution in [0.3, 0.4) is 0 Å². The quantitative estimate of drug-likeness (QED) is 0.561. The lowest BCUT2D eigenvalue weighted by molar-refractivity contribution is 0.905. The molecule has 23 heavy (non-hydrogen) atoms. The molecular formula is C19H16BrN3. The van der Waals surface area contributed by atoms with Crippen molar-refractivity contribution >= 4 is 33.3 Å². The lowest BCUT2D eigenvalue weighted by Gasteiger charge is -2.17. The predicted molar refractivity (Wildman–Crippen MR) is 97.6 cm³/mol. The Morgan fingerprint density at radius 2 is 1.74 bits per heavy atom. The van der Waals surface area contributed by atoms with Gasteiger partial charge in [0.05, 0.1) is 24.1 Å². The van der Waals surface area contributed by atoms with Crippen LogP contribution in [0.5, 0.6) is 0 Å². The Hall–Kier alpha value is -2.56. The number of hydrogen-bond donors (Lipinski definition) is 0. The molecule has 2 rings (SSSR count). The normalized spacial score (nSPS) is 10.7. The maximum atomic E-state index is 9.38. The third kappa shape index (κ3) is 4.71. The van der Waals surface area contributed by atoms with Crippen LogP contribution in [0.1, 0.15) is 17.5 Å². The van der Waals surface area contributed by atoms with Crippen molar-refractivity contribution in [3.63, 3.8) is 0 Å². The zero-order valence-corrected chi connectivity index (χ0v) is 14.4. The van der Waals surface area contributed by atoms with Gasteiger partial charge in [0, 0.05) is 23.8 Å². The minimum atomic E-state index is 0.500. The lowest BCUT2D eigenvalue weighted by Crippen LogP contribution is -2.17. The Bertz CT molecular complexity index is 762. The Morgan fingerprint density at radius 3 is 2.30 bits per heavy atom. The third-order valence-electron chi connectivity index (χ3n) is 3.48. The number of hydrogen-bond acceptors (Lipinski definition) is 3. The van der Waals surface area contributed by atoms with E-state index in [1.165, 1.54) is 0 Å². The molecule has 0 aliphatic rings. The average Bonchev–Trinajstić information content (AvgIpc) is 2.59. The molecule has 0 saturated carbocycles. The summed E-state index contributed by atoms with van der Waals surface area (Å²) >= 11 is 3.40. The number of halogens is 1.